The van der Waals surface area contributed by atoms with Gasteiger partial charge in [-0.25, -0.2) is 0 Å². The van der Waals surface area contributed by atoms with E-state index in [0.29, 0.717) is 13.2 Å². The van der Waals surface area contributed by atoms with Crippen molar-refractivity contribution in [2.24, 2.45) is 5.16 Å². The van der Waals surface area contributed by atoms with E-state index in [9.17, 15) is 0 Å². The van der Waals surface area contributed by atoms with Crippen LogP contribution in [-0.2, 0) is 9.57 Å². The normalized spacial score (nSPS) is 10.2. The molecule has 0 aliphatic rings. The Morgan fingerprint density at radius 1 is 1.62 bits per heavy atom. The monoisotopic (exact) mass is 116 g/mol. The molecule has 0 aromatic heterocycles. The van der Waals surface area contributed by atoms with Crippen LogP contribution in [0.2, 0.25) is 0 Å². The molecular weight excluding hydrogens is 106 g/mol. The Labute approximate surface area is 49.3 Å². The minimum absolute atomic E-state index is 0.407. The molecule has 0 rings (SSSR count). The van der Waals surface area contributed by atoms with E-state index in [1.807, 2.05) is 6.92 Å². The van der Waals surface area contributed by atoms with Gasteiger partial charge in [-0.3, -0.25) is 0 Å². The van der Waals surface area contributed by atoms with Crippen LogP contribution in [0.5, 0.6) is 0 Å². The highest BCUT2D eigenvalue weighted by molar-refractivity contribution is 5.57. The third-order valence-corrected chi connectivity index (χ3v) is 0.527. The molecule has 0 saturated carbocycles. The molecule has 0 unspecified atom stereocenters. The summed E-state index contributed by atoms with van der Waals surface area (Å²) in [6.45, 7) is 3.01. The second kappa shape index (κ2) is 6.43. The van der Waals surface area contributed by atoms with Crippen LogP contribution in [0, 0.1) is 0 Å². The largest absolute Gasteiger partial charge is 0.399 e. The van der Waals surface area contributed by atoms with Crippen molar-refractivity contribution < 1.29 is 9.57 Å². The quantitative estimate of drug-likeness (QED) is 0.305. The lowest BCUT2D eigenvalue weighted by molar-refractivity contribution is 0.179. The molecule has 1 radical (unpaired) electrons. The van der Waals surface area contributed by atoms with E-state index in [4.69, 9.17) is 4.74 Å². The number of nitrogens with zero attached hydrogens (tertiary/aromatic N) is 1. The predicted molar refractivity (Wildman–Crippen MR) is 30.9 cm³/mol. The summed E-state index contributed by atoms with van der Waals surface area (Å²) >= 11 is 0. The summed E-state index contributed by atoms with van der Waals surface area (Å²) in [6.07, 6.45) is 2.52. The van der Waals surface area contributed by atoms with Crippen LogP contribution in [0.15, 0.2) is 5.16 Å². The molecule has 0 fully saturated rings. The Morgan fingerprint density at radius 3 is 2.88 bits per heavy atom. The van der Waals surface area contributed by atoms with Crippen molar-refractivity contribution in [3.8, 4) is 0 Å². The van der Waals surface area contributed by atoms with Crippen molar-refractivity contribution >= 4 is 6.21 Å². The van der Waals surface area contributed by atoms with Crippen LogP contribution in [0.3, 0.4) is 0 Å². The van der Waals surface area contributed by atoms with Crippen molar-refractivity contribution in [3.63, 3.8) is 0 Å². The van der Waals surface area contributed by atoms with Gasteiger partial charge in [-0.1, -0.05) is 5.16 Å². The lowest BCUT2D eigenvalue weighted by Gasteiger charge is -1.89. The van der Waals surface area contributed by atoms with Gasteiger partial charge in [0.25, 0.3) is 0 Å². The fraction of sp³-hybridized carbons (Fsp3) is 0.800. The van der Waals surface area contributed by atoms with Gasteiger partial charge in [0.2, 0.25) is 0 Å². The van der Waals surface area contributed by atoms with Crippen LogP contribution < -0.4 is 0 Å². The van der Waals surface area contributed by atoms with Gasteiger partial charge in [-0.15, -0.1) is 0 Å². The predicted octanol–water partition coefficient (Wildman–Crippen LogP) is 0.532. The van der Waals surface area contributed by atoms with Crippen molar-refractivity contribution in [1.82, 2.24) is 0 Å². The van der Waals surface area contributed by atoms with E-state index >= 15 is 0 Å². The standard InChI is InChI=1S/C5H10NO2/c1-3-8-5-4-6-7-2/h3,5H2,1-2H3. The average molecular weight is 116 g/mol. The molecule has 0 N–H and O–H groups in total. The van der Waals surface area contributed by atoms with Crippen LogP contribution in [-0.4, -0.2) is 26.5 Å². The number of rotatable bonds is 4. The Bertz CT molecular complexity index is 63.4. The van der Waals surface area contributed by atoms with Crippen molar-refractivity contribution in [1.29, 1.82) is 0 Å². The van der Waals surface area contributed by atoms with Crippen LogP contribution >= 0.6 is 0 Å². The Hall–Kier alpha value is -0.570. The number of ether oxygens (including phenoxy) is 1. The lowest BCUT2D eigenvalue weighted by Crippen LogP contribution is -1.93. The van der Waals surface area contributed by atoms with Crippen molar-refractivity contribution in [2.75, 3.05) is 20.3 Å². The zero-order valence-corrected chi connectivity index (χ0v) is 5.18. The molecule has 0 amide bonds. The fourth-order valence-electron chi connectivity index (χ4n) is 0.239. The van der Waals surface area contributed by atoms with Crippen LogP contribution in [0.25, 0.3) is 0 Å². The van der Waals surface area contributed by atoms with Gasteiger partial charge in [0.15, 0.2) is 0 Å². The maximum atomic E-state index is 4.85. The molecule has 0 saturated heterocycles. The third-order valence-electron chi connectivity index (χ3n) is 0.527. The summed E-state index contributed by atoms with van der Waals surface area (Å²) in [7, 11) is 1.47. The number of hydrogen-bond acceptors (Lipinski definition) is 3. The zero-order chi connectivity index (χ0) is 6.24. The second-order valence-corrected chi connectivity index (χ2v) is 1.07. The highest BCUT2D eigenvalue weighted by Gasteiger charge is 1.75. The molecule has 0 aromatic rings. The van der Waals surface area contributed by atoms with Crippen LogP contribution in [0.1, 0.15) is 6.92 Å². The molecule has 0 aliphatic carbocycles. The van der Waals surface area contributed by atoms with E-state index in [2.05, 4.69) is 16.2 Å². The fourth-order valence-corrected chi connectivity index (χ4v) is 0.239. The molecule has 0 spiro atoms. The number of hydrogen-bond donors (Lipinski definition) is 0. The smallest absolute Gasteiger partial charge is 0.133 e. The minimum atomic E-state index is 0.407. The molecule has 0 heterocycles. The third kappa shape index (κ3) is 5.43. The molecule has 0 aliphatic heterocycles. The van der Waals surface area contributed by atoms with Gasteiger partial charge >= 0.3 is 0 Å². The highest BCUT2D eigenvalue weighted by Crippen LogP contribution is 1.69. The molecule has 3 heteroatoms. The summed E-state index contributed by atoms with van der Waals surface area (Å²) in [4.78, 5) is 4.32. The van der Waals surface area contributed by atoms with Gasteiger partial charge in [-0.2, -0.15) is 0 Å². The van der Waals surface area contributed by atoms with Gasteiger partial charge in [0, 0.05) is 6.61 Å². The topological polar surface area (TPSA) is 30.8 Å². The highest BCUT2D eigenvalue weighted by atomic mass is 16.6. The van der Waals surface area contributed by atoms with E-state index < -0.39 is 0 Å². The van der Waals surface area contributed by atoms with Crippen molar-refractivity contribution in [2.45, 2.75) is 6.92 Å². The van der Waals surface area contributed by atoms with Gasteiger partial charge in [0.1, 0.15) is 13.3 Å². The van der Waals surface area contributed by atoms with Gasteiger partial charge in [-0.05, 0) is 6.92 Å². The molecule has 8 heavy (non-hydrogen) atoms. The molecule has 0 aromatic carbocycles. The first-order valence-electron chi connectivity index (χ1n) is 2.45. The summed E-state index contributed by atoms with van der Waals surface area (Å²) in [5, 5.41) is 3.33. The summed E-state index contributed by atoms with van der Waals surface area (Å²) in [6, 6.07) is 0. The van der Waals surface area contributed by atoms with E-state index in [0.717, 1.165) is 0 Å². The second-order valence-electron chi connectivity index (χ2n) is 1.07. The molecule has 0 bridgehead atoms. The first kappa shape index (κ1) is 7.43. The summed E-state index contributed by atoms with van der Waals surface area (Å²) < 4.78 is 4.85. The molecule has 0 atom stereocenters. The average Bonchev–Trinajstić information content (AvgIpc) is 1.81. The zero-order valence-electron chi connectivity index (χ0n) is 5.18. The maximum absolute atomic E-state index is 4.85. The van der Waals surface area contributed by atoms with E-state index in [1.54, 1.807) is 0 Å². The maximum Gasteiger partial charge on any atom is 0.133 e. The van der Waals surface area contributed by atoms with Gasteiger partial charge < -0.3 is 9.57 Å². The van der Waals surface area contributed by atoms with Crippen molar-refractivity contribution in [3.05, 3.63) is 0 Å². The van der Waals surface area contributed by atoms with E-state index in [-0.39, 0.29) is 0 Å². The van der Waals surface area contributed by atoms with E-state index in [1.165, 1.54) is 7.11 Å². The Balaban J connectivity index is 2.80. The molecule has 3 nitrogen and oxygen atoms in total. The van der Waals surface area contributed by atoms with Gasteiger partial charge in [0.05, 0.1) is 6.61 Å². The molecular formula is C5H10NO2. The van der Waals surface area contributed by atoms with Crippen LogP contribution in [0.4, 0.5) is 0 Å². The Kier molecular flexibility index (Phi) is 5.97. The first-order chi connectivity index (χ1) is 3.91. The first-order valence-corrected chi connectivity index (χ1v) is 2.45. The summed E-state index contributed by atoms with van der Waals surface area (Å²) in [5.74, 6) is 0. The SMILES string of the molecule is CCOC/[C]=N\OC. The minimum Gasteiger partial charge on any atom is -0.399 e. The molecule has 47 valence electrons. The Morgan fingerprint density at radius 2 is 2.38 bits per heavy atom. The lowest BCUT2D eigenvalue weighted by atomic mass is 10.8. The summed E-state index contributed by atoms with van der Waals surface area (Å²) in [5.41, 5.74) is 0.